The molecule has 0 atom stereocenters. The fourth-order valence-electron chi connectivity index (χ4n) is 2.15. The molecule has 0 saturated heterocycles. The maximum absolute atomic E-state index is 12.1. The Labute approximate surface area is 151 Å². The van der Waals surface area contributed by atoms with Crippen LogP contribution in [-0.4, -0.2) is 12.2 Å². The van der Waals surface area contributed by atoms with E-state index in [0.29, 0.717) is 16.3 Å². The van der Waals surface area contributed by atoms with E-state index < -0.39 is 5.97 Å². The molecule has 0 fully saturated rings. The minimum atomic E-state index is -0.413. The number of esters is 1. The van der Waals surface area contributed by atoms with E-state index in [0.717, 1.165) is 11.3 Å². The van der Waals surface area contributed by atoms with Crippen LogP contribution in [0.2, 0.25) is 5.02 Å². The average Bonchev–Trinajstić information content (AvgIpc) is 2.63. The second-order valence-electron chi connectivity index (χ2n) is 5.56. The maximum atomic E-state index is 12.1. The minimum absolute atomic E-state index is 0.413. The number of carbonyl (C=O) groups excluding carboxylic acids is 1. The largest absolute Gasteiger partial charge is 0.423 e. The number of aliphatic imine (C=N–C) groups is 1. The second-order valence-corrected chi connectivity index (χ2v) is 6.00. The first kappa shape index (κ1) is 16.9. The van der Waals surface area contributed by atoms with Crippen LogP contribution < -0.4 is 4.74 Å². The third-order valence-electron chi connectivity index (χ3n) is 3.57. The molecular weight excluding hydrogens is 334 g/mol. The van der Waals surface area contributed by atoms with E-state index in [4.69, 9.17) is 16.3 Å². The van der Waals surface area contributed by atoms with Crippen molar-refractivity contribution in [2.75, 3.05) is 0 Å². The van der Waals surface area contributed by atoms with E-state index >= 15 is 0 Å². The van der Waals surface area contributed by atoms with E-state index in [1.54, 1.807) is 42.6 Å². The lowest BCUT2D eigenvalue weighted by Crippen LogP contribution is -2.08. The molecular formula is C21H16ClNO2. The monoisotopic (exact) mass is 349 g/mol. The summed E-state index contributed by atoms with van der Waals surface area (Å²) in [5, 5.41) is 0.594. The van der Waals surface area contributed by atoms with Crippen LogP contribution in [0.4, 0.5) is 5.69 Å². The van der Waals surface area contributed by atoms with Gasteiger partial charge in [-0.25, -0.2) is 4.79 Å². The van der Waals surface area contributed by atoms with Gasteiger partial charge in [-0.05, 0) is 61.0 Å². The number of hydrogen-bond acceptors (Lipinski definition) is 3. The van der Waals surface area contributed by atoms with Gasteiger partial charge in [0.2, 0.25) is 0 Å². The van der Waals surface area contributed by atoms with Crippen molar-refractivity contribution >= 4 is 29.5 Å². The summed E-state index contributed by atoms with van der Waals surface area (Å²) in [6.07, 6.45) is 1.76. The SMILES string of the molecule is Cc1ccc(N=Cc2ccc(C(=O)Oc3ccc(Cl)cc3)cc2)cc1. The van der Waals surface area contributed by atoms with Crippen LogP contribution in [0.5, 0.6) is 5.75 Å². The van der Waals surface area contributed by atoms with Crippen molar-refractivity contribution in [3.63, 3.8) is 0 Å². The molecule has 0 aliphatic heterocycles. The van der Waals surface area contributed by atoms with Crippen LogP contribution in [0.1, 0.15) is 21.5 Å². The van der Waals surface area contributed by atoms with Crippen LogP contribution in [0.3, 0.4) is 0 Å². The Hall–Kier alpha value is -2.91. The molecule has 3 rings (SSSR count). The zero-order valence-corrected chi connectivity index (χ0v) is 14.4. The van der Waals surface area contributed by atoms with Gasteiger partial charge >= 0.3 is 5.97 Å². The molecule has 0 heterocycles. The number of halogens is 1. The molecule has 124 valence electrons. The molecule has 0 radical (unpaired) electrons. The van der Waals surface area contributed by atoms with E-state index in [2.05, 4.69) is 4.99 Å². The van der Waals surface area contributed by atoms with Crippen molar-refractivity contribution in [1.82, 2.24) is 0 Å². The molecule has 0 bridgehead atoms. The number of nitrogens with zero attached hydrogens (tertiary/aromatic N) is 1. The van der Waals surface area contributed by atoms with Crippen LogP contribution in [0.25, 0.3) is 0 Å². The normalized spacial score (nSPS) is 10.8. The number of ether oxygens (including phenoxy) is 1. The fourth-order valence-corrected chi connectivity index (χ4v) is 2.28. The molecule has 3 aromatic rings. The molecule has 4 heteroatoms. The Balaban J connectivity index is 1.66. The summed E-state index contributed by atoms with van der Waals surface area (Å²) >= 11 is 5.81. The quantitative estimate of drug-likeness (QED) is 0.348. The van der Waals surface area contributed by atoms with Gasteiger partial charge in [0, 0.05) is 11.2 Å². The molecule has 3 nitrogen and oxygen atoms in total. The predicted octanol–water partition coefficient (Wildman–Crippen LogP) is 5.62. The lowest BCUT2D eigenvalue weighted by Gasteiger charge is -2.04. The Kier molecular flexibility index (Phi) is 5.26. The highest BCUT2D eigenvalue weighted by Gasteiger charge is 2.08. The van der Waals surface area contributed by atoms with Crippen molar-refractivity contribution in [1.29, 1.82) is 0 Å². The van der Waals surface area contributed by atoms with Gasteiger partial charge in [-0.1, -0.05) is 41.4 Å². The highest BCUT2D eigenvalue weighted by molar-refractivity contribution is 6.30. The zero-order chi connectivity index (χ0) is 17.6. The van der Waals surface area contributed by atoms with Crippen molar-refractivity contribution < 1.29 is 9.53 Å². The summed E-state index contributed by atoms with van der Waals surface area (Å²) in [7, 11) is 0. The van der Waals surface area contributed by atoms with Crippen LogP contribution in [0, 0.1) is 6.92 Å². The van der Waals surface area contributed by atoms with E-state index in [1.807, 2.05) is 43.3 Å². The summed E-state index contributed by atoms with van der Waals surface area (Å²) in [5.74, 6) is 0.0451. The molecule has 0 aliphatic carbocycles. The maximum Gasteiger partial charge on any atom is 0.343 e. The van der Waals surface area contributed by atoms with E-state index in [9.17, 15) is 4.79 Å². The summed E-state index contributed by atoms with van der Waals surface area (Å²) in [6.45, 7) is 2.04. The highest BCUT2D eigenvalue weighted by Crippen LogP contribution is 2.17. The van der Waals surface area contributed by atoms with E-state index in [-0.39, 0.29) is 0 Å². The van der Waals surface area contributed by atoms with Gasteiger partial charge < -0.3 is 4.74 Å². The lowest BCUT2D eigenvalue weighted by molar-refractivity contribution is 0.0735. The Morgan fingerprint density at radius 2 is 1.56 bits per heavy atom. The second kappa shape index (κ2) is 7.77. The standard InChI is InChI=1S/C21H16ClNO2/c1-15-2-10-19(11-3-15)23-14-16-4-6-17(7-5-16)21(24)25-20-12-8-18(22)9-13-20/h2-14H,1H3. The molecule has 0 saturated carbocycles. The Morgan fingerprint density at radius 3 is 2.20 bits per heavy atom. The number of benzene rings is 3. The summed E-state index contributed by atoms with van der Waals surface area (Å²) in [5.41, 5.74) is 3.46. The molecule has 0 unspecified atom stereocenters. The predicted molar refractivity (Wildman–Crippen MR) is 101 cm³/mol. The molecule has 0 amide bonds. The smallest absolute Gasteiger partial charge is 0.343 e. The van der Waals surface area contributed by atoms with Crippen molar-refractivity contribution in [3.05, 3.63) is 94.5 Å². The van der Waals surface area contributed by atoms with Gasteiger partial charge in [-0.3, -0.25) is 4.99 Å². The third kappa shape index (κ3) is 4.78. The van der Waals surface area contributed by atoms with Gasteiger partial charge in [0.25, 0.3) is 0 Å². The summed E-state index contributed by atoms with van der Waals surface area (Å²) in [4.78, 5) is 16.5. The minimum Gasteiger partial charge on any atom is -0.423 e. The van der Waals surface area contributed by atoms with Gasteiger partial charge in [0.15, 0.2) is 0 Å². The third-order valence-corrected chi connectivity index (χ3v) is 3.82. The van der Waals surface area contributed by atoms with Gasteiger partial charge in [-0.2, -0.15) is 0 Å². The first-order chi connectivity index (χ1) is 12.1. The topological polar surface area (TPSA) is 38.7 Å². The molecule has 25 heavy (non-hydrogen) atoms. The molecule has 3 aromatic carbocycles. The molecule has 0 aromatic heterocycles. The van der Waals surface area contributed by atoms with Crippen LogP contribution in [-0.2, 0) is 0 Å². The summed E-state index contributed by atoms with van der Waals surface area (Å²) in [6, 6.07) is 21.7. The van der Waals surface area contributed by atoms with Crippen molar-refractivity contribution in [2.45, 2.75) is 6.92 Å². The summed E-state index contributed by atoms with van der Waals surface area (Å²) < 4.78 is 5.30. The Bertz CT molecular complexity index is 883. The van der Waals surface area contributed by atoms with Gasteiger partial charge in [-0.15, -0.1) is 0 Å². The highest BCUT2D eigenvalue weighted by atomic mass is 35.5. The fraction of sp³-hybridized carbons (Fsp3) is 0.0476. The number of carbonyl (C=O) groups is 1. The first-order valence-corrected chi connectivity index (χ1v) is 8.16. The molecule has 0 aliphatic rings. The number of aryl methyl sites for hydroxylation is 1. The lowest BCUT2D eigenvalue weighted by atomic mass is 10.1. The van der Waals surface area contributed by atoms with Crippen LogP contribution >= 0.6 is 11.6 Å². The Morgan fingerprint density at radius 1 is 0.920 bits per heavy atom. The van der Waals surface area contributed by atoms with Crippen molar-refractivity contribution in [2.24, 2.45) is 4.99 Å². The van der Waals surface area contributed by atoms with Gasteiger partial charge in [0.1, 0.15) is 5.75 Å². The zero-order valence-electron chi connectivity index (χ0n) is 13.6. The number of rotatable bonds is 4. The first-order valence-electron chi connectivity index (χ1n) is 7.79. The van der Waals surface area contributed by atoms with Crippen molar-refractivity contribution in [3.8, 4) is 5.75 Å². The van der Waals surface area contributed by atoms with Gasteiger partial charge in [0.05, 0.1) is 11.3 Å². The van der Waals surface area contributed by atoms with E-state index in [1.165, 1.54) is 5.56 Å². The number of hydrogen-bond donors (Lipinski definition) is 0. The molecule has 0 N–H and O–H groups in total. The average molecular weight is 350 g/mol. The molecule has 0 spiro atoms. The van der Waals surface area contributed by atoms with Crippen LogP contribution in [0.15, 0.2) is 77.8 Å².